The number of fused-ring (bicyclic) bond motifs is 3. The predicted molar refractivity (Wildman–Crippen MR) is 180 cm³/mol. The van der Waals surface area contributed by atoms with E-state index < -0.39 is 6.09 Å². The SMILES string of the molecule is CC(=O)NCCc1c[nH]c2ccc(N(CCCCCCCCCCNc3c4c(nc5ccccc35)CCCC4)C(=O)O)cc12. The molecule has 0 spiro atoms. The third-order valence-electron chi connectivity index (χ3n) is 8.84. The van der Waals surface area contributed by atoms with Gasteiger partial charge in [0.2, 0.25) is 5.91 Å². The Morgan fingerprint density at radius 3 is 2.45 bits per heavy atom. The van der Waals surface area contributed by atoms with Crippen LogP contribution in [0.25, 0.3) is 21.8 Å². The largest absolute Gasteiger partial charge is 0.465 e. The normalized spacial score (nSPS) is 12.8. The van der Waals surface area contributed by atoms with Crippen LogP contribution in [-0.2, 0) is 24.1 Å². The molecule has 2 aromatic carbocycles. The molecule has 1 aliphatic carbocycles. The Bertz CT molecular complexity index is 1560. The summed E-state index contributed by atoms with van der Waals surface area (Å²) in [5.74, 6) is -0.0524. The fourth-order valence-corrected chi connectivity index (χ4v) is 6.49. The van der Waals surface area contributed by atoms with Crippen LogP contribution >= 0.6 is 0 Å². The molecule has 5 rings (SSSR count). The van der Waals surface area contributed by atoms with Gasteiger partial charge in [-0.2, -0.15) is 0 Å². The predicted octanol–water partition coefficient (Wildman–Crippen LogP) is 7.99. The van der Waals surface area contributed by atoms with Gasteiger partial charge in [0, 0.05) is 66.1 Å². The molecule has 0 atom stereocenters. The first-order valence-electron chi connectivity index (χ1n) is 16.5. The van der Waals surface area contributed by atoms with Gasteiger partial charge in [-0.3, -0.25) is 14.7 Å². The Kier molecular flexibility index (Phi) is 11.1. The van der Waals surface area contributed by atoms with Crippen LogP contribution in [0.2, 0.25) is 0 Å². The Morgan fingerprint density at radius 2 is 1.66 bits per heavy atom. The van der Waals surface area contributed by atoms with Crippen LogP contribution < -0.4 is 15.5 Å². The molecule has 44 heavy (non-hydrogen) atoms. The summed E-state index contributed by atoms with van der Waals surface area (Å²) >= 11 is 0. The number of carbonyl (C=O) groups excluding carboxylic acids is 1. The lowest BCUT2D eigenvalue weighted by Gasteiger charge is -2.21. The van der Waals surface area contributed by atoms with E-state index in [0.29, 0.717) is 25.2 Å². The highest BCUT2D eigenvalue weighted by Crippen LogP contribution is 2.33. The third kappa shape index (κ3) is 8.10. The minimum Gasteiger partial charge on any atom is -0.465 e. The topological polar surface area (TPSA) is 110 Å². The van der Waals surface area contributed by atoms with E-state index in [1.54, 1.807) is 0 Å². The van der Waals surface area contributed by atoms with Gasteiger partial charge in [-0.25, -0.2) is 4.79 Å². The maximum absolute atomic E-state index is 12.1. The van der Waals surface area contributed by atoms with Gasteiger partial charge in [0.05, 0.1) is 5.52 Å². The van der Waals surface area contributed by atoms with Gasteiger partial charge in [-0.05, 0) is 80.3 Å². The van der Waals surface area contributed by atoms with Gasteiger partial charge >= 0.3 is 6.09 Å². The van der Waals surface area contributed by atoms with E-state index in [1.807, 2.05) is 24.4 Å². The molecule has 0 aliphatic heterocycles. The molecule has 4 N–H and O–H groups in total. The molecule has 2 heterocycles. The molecule has 2 aromatic heterocycles. The number of aromatic nitrogens is 2. The molecule has 0 saturated carbocycles. The first-order valence-corrected chi connectivity index (χ1v) is 16.5. The fourth-order valence-electron chi connectivity index (χ4n) is 6.49. The summed E-state index contributed by atoms with van der Waals surface area (Å²) in [5.41, 5.74) is 7.88. The average Bonchev–Trinajstić information content (AvgIpc) is 3.42. The third-order valence-corrected chi connectivity index (χ3v) is 8.84. The van der Waals surface area contributed by atoms with E-state index in [9.17, 15) is 14.7 Å². The number of H-pyrrole nitrogens is 1. The molecule has 2 amide bonds. The van der Waals surface area contributed by atoms with Crippen LogP contribution in [0.5, 0.6) is 0 Å². The first kappa shape index (κ1) is 31.4. The Hall–Kier alpha value is -4.07. The van der Waals surface area contributed by atoms with Gasteiger partial charge in [-0.15, -0.1) is 0 Å². The second-order valence-electron chi connectivity index (χ2n) is 12.1. The number of anilines is 2. The van der Waals surface area contributed by atoms with Crippen LogP contribution in [0, 0.1) is 0 Å². The lowest BCUT2D eigenvalue weighted by atomic mass is 9.92. The number of aromatic amines is 1. The molecular weight excluding hydrogens is 550 g/mol. The zero-order valence-corrected chi connectivity index (χ0v) is 26.1. The standard InChI is InChI=1S/C36H47N5O3/c1-26(42)37-22-20-27-25-39-32-19-18-28(24-31(27)32)41(36(43)44)23-13-7-5-3-2-4-6-12-21-38-35-29-14-8-10-16-33(29)40-34-17-11-9-15-30(34)35/h8,10,14,16,18-19,24-25,39H,2-7,9,11-13,15,17,20-23H2,1H3,(H,37,42)(H,38,40)(H,43,44). The first-order chi connectivity index (χ1) is 21.5. The lowest BCUT2D eigenvalue weighted by Crippen LogP contribution is -2.30. The summed E-state index contributed by atoms with van der Waals surface area (Å²) in [6.45, 7) is 3.55. The number of hydrogen-bond acceptors (Lipinski definition) is 4. The number of para-hydroxylation sites is 1. The van der Waals surface area contributed by atoms with Crippen molar-refractivity contribution in [2.45, 2.75) is 90.4 Å². The fraction of sp³-hybridized carbons (Fsp3) is 0.472. The van der Waals surface area contributed by atoms with E-state index >= 15 is 0 Å². The van der Waals surface area contributed by atoms with Crippen LogP contribution in [0.15, 0.2) is 48.7 Å². The average molecular weight is 598 g/mol. The van der Waals surface area contributed by atoms with Crippen LogP contribution in [0.1, 0.15) is 88.0 Å². The highest BCUT2D eigenvalue weighted by Gasteiger charge is 2.18. The molecule has 0 fully saturated rings. The van der Waals surface area contributed by atoms with E-state index in [2.05, 4.69) is 39.9 Å². The molecule has 0 saturated heterocycles. The van der Waals surface area contributed by atoms with Crippen LogP contribution in [0.3, 0.4) is 0 Å². The molecular formula is C36H47N5O3. The number of carbonyl (C=O) groups is 2. The number of amides is 2. The van der Waals surface area contributed by atoms with Crippen LogP contribution in [0.4, 0.5) is 16.2 Å². The Balaban J connectivity index is 0.995. The highest BCUT2D eigenvalue weighted by atomic mass is 16.4. The number of benzene rings is 2. The van der Waals surface area contributed by atoms with Crippen molar-refractivity contribution in [2.75, 3.05) is 29.9 Å². The van der Waals surface area contributed by atoms with Gasteiger partial charge in [0.1, 0.15) is 0 Å². The number of aryl methyl sites for hydroxylation is 1. The quantitative estimate of drug-likeness (QED) is 0.0979. The minimum atomic E-state index is -0.923. The Morgan fingerprint density at radius 1 is 0.909 bits per heavy atom. The zero-order chi connectivity index (χ0) is 30.7. The van der Waals surface area contributed by atoms with E-state index in [0.717, 1.165) is 60.6 Å². The minimum absolute atomic E-state index is 0.0524. The van der Waals surface area contributed by atoms with Crippen LogP contribution in [-0.4, -0.2) is 46.7 Å². The number of carboxylic acid groups (broad SMARTS) is 1. The lowest BCUT2D eigenvalue weighted by molar-refractivity contribution is -0.118. The molecule has 0 radical (unpaired) electrons. The second kappa shape index (κ2) is 15.6. The zero-order valence-electron chi connectivity index (χ0n) is 26.1. The molecule has 0 bridgehead atoms. The van der Waals surface area contributed by atoms with Crippen molar-refractivity contribution in [1.82, 2.24) is 15.3 Å². The van der Waals surface area contributed by atoms with Crippen molar-refractivity contribution in [1.29, 1.82) is 0 Å². The molecule has 0 unspecified atom stereocenters. The van der Waals surface area contributed by atoms with E-state index in [-0.39, 0.29) is 5.91 Å². The van der Waals surface area contributed by atoms with Crippen molar-refractivity contribution < 1.29 is 14.7 Å². The number of unbranched alkanes of at least 4 members (excludes halogenated alkanes) is 7. The van der Waals surface area contributed by atoms with E-state index in [1.165, 1.54) is 79.1 Å². The summed E-state index contributed by atoms with van der Waals surface area (Å²) in [5, 5.41) is 18.8. The molecule has 4 aromatic rings. The van der Waals surface area contributed by atoms with Gasteiger partial charge in [0.15, 0.2) is 0 Å². The molecule has 8 heteroatoms. The van der Waals surface area contributed by atoms with Crippen molar-refractivity contribution >= 4 is 45.2 Å². The van der Waals surface area contributed by atoms with Gasteiger partial charge in [-0.1, -0.05) is 56.7 Å². The van der Waals surface area contributed by atoms with Gasteiger partial charge < -0.3 is 20.7 Å². The molecule has 8 nitrogen and oxygen atoms in total. The Labute approximate surface area is 260 Å². The van der Waals surface area contributed by atoms with Crippen molar-refractivity contribution in [2.24, 2.45) is 0 Å². The number of hydrogen-bond donors (Lipinski definition) is 4. The van der Waals surface area contributed by atoms with Crippen molar-refractivity contribution in [3.05, 3.63) is 65.5 Å². The summed E-state index contributed by atoms with van der Waals surface area (Å²) in [6.07, 6.45) is 15.5. The second-order valence-corrected chi connectivity index (χ2v) is 12.1. The number of rotatable bonds is 16. The maximum atomic E-state index is 12.1. The van der Waals surface area contributed by atoms with Crippen molar-refractivity contribution in [3.8, 4) is 0 Å². The number of nitrogens with one attached hydrogen (secondary N) is 3. The van der Waals surface area contributed by atoms with Crippen molar-refractivity contribution in [3.63, 3.8) is 0 Å². The van der Waals surface area contributed by atoms with Gasteiger partial charge in [0.25, 0.3) is 0 Å². The molecule has 234 valence electrons. The summed E-state index contributed by atoms with van der Waals surface area (Å²) < 4.78 is 0. The number of pyridine rings is 1. The summed E-state index contributed by atoms with van der Waals surface area (Å²) in [4.78, 5) is 33.0. The smallest absolute Gasteiger partial charge is 0.411 e. The number of nitrogens with zero attached hydrogens (tertiary/aromatic N) is 2. The summed E-state index contributed by atoms with van der Waals surface area (Å²) in [7, 11) is 0. The molecule has 1 aliphatic rings. The monoisotopic (exact) mass is 597 g/mol. The highest BCUT2D eigenvalue weighted by molar-refractivity contribution is 5.94. The van der Waals surface area contributed by atoms with E-state index in [4.69, 9.17) is 4.98 Å². The summed E-state index contributed by atoms with van der Waals surface area (Å²) in [6, 6.07) is 14.3. The maximum Gasteiger partial charge on any atom is 0.411 e.